The van der Waals surface area contributed by atoms with Crippen molar-refractivity contribution in [3.8, 4) is 0 Å². The van der Waals surface area contributed by atoms with Crippen molar-refractivity contribution in [1.82, 2.24) is 0 Å². The zero-order valence-electron chi connectivity index (χ0n) is 7.90. The molecule has 0 fully saturated rings. The second-order valence-corrected chi connectivity index (χ2v) is 3.68. The summed E-state index contributed by atoms with van der Waals surface area (Å²) in [7, 11) is 0. The number of carbonyl (C=O) groups is 2. The first-order valence-corrected chi connectivity index (χ1v) is 4.49. The van der Waals surface area contributed by atoms with Gasteiger partial charge >= 0.3 is 11.9 Å². The summed E-state index contributed by atoms with van der Waals surface area (Å²) >= 11 is 5.63. The van der Waals surface area contributed by atoms with Crippen LogP contribution in [0.3, 0.4) is 0 Å². The number of halogens is 1. The number of hydrogen-bond acceptors (Lipinski definition) is 2. The number of carboxylic acids is 2. The van der Waals surface area contributed by atoms with Gasteiger partial charge in [-0.3, -0.25) is 9.59 Å². The van der Waals surface area contributed by atoms with Crippen LogP contribution in [0.1, 0.15) is 12.5 Å². The molecule has 0 saturated heterocycles. The molecule has 0 aromatic heterocycles. The van der Waals surface area contributed by atoms with Gasteiger partial charge in [-0.05, 0) is 24.6 Å². The molecule has 0 amide bonds. The fourth-order valence-corrected chi connectivity index (χ4v) is 1.25. The summed E-state index contributed by atoms with van der Waals surface area (Å²) < 4.78 is 0. The van der Waals surface area contributed by atoms with Crippen LogP contribution in [0.25, 0.3) is 0 Å². The molecule has 0 unspecified atom stereocenters. The van der Waals surface area contributed by atoms with Gasteiger partial charge in [0.2, 0.25) is 0 Å². The van der Waals surface area contributed by atoms with Crippen LogP contribution in [-0.4, -0.2) is 22.2 Å². The Bertz CT molecular complexity index is 382. The van der Waals surface area contributed by atoms with E-state index in [0.29, 0.717) is 5.02 Å². The van der Waals surface area contributed by atoms with Crippen LogP contribution in [0.15, 0.2) is 24.3 Å². The minimum absolute atomic E-state index is 0.187. The minimum Gasteiger partial charge on any atom is -0.480 e. The number of aliphatic carboxylic acids is 2. The Morgan fingerprint density at radius 3 is 1.87 bits per heavy atom. The van der Waals surface area contributed by atoms with Crippen molar-refractivity contribution in [3.05, 3.63) is 34.9 Å². The molecule has 1 aromatic carbocycles. The van der Waals surface area contributed by atoms with Crippen LogP contribution in [0.5, 0.6) is 0 Å². The Labute approximate surface area is 91.1 Å². The van der Waals surface area contributed by atoms with Gasteiger partial charge in [0, 0.05) is 5.02 Å². The molecule has 5 heteroatoms. The summed E-state index contributed by atoms with van der Waals surface area (Å²) in [5.74, 6) is -2.81. The SMILES string of the molecule is CC(C(=O)O)(C(=O)O)c1ccc(Cl)cc1. The second-order valence-electron chi connectivity index (χ2n) is 3.24. The molecule has 0 heterocycles. The molecule has 0 bridgehead atoms. The average Bonchev–Trinajstić information content (AvgIpc) is 2.17. The van der Waals surface area contributed by atoms with Crippen molar-refractivity contribution in [2.24, 2.45) is 0 Å². The highest BCUT2D eigenvalue weighted by atomic mass is 35.5. The number of benzene rings is 1. The van der Waals surface area contributed by atoms with Crippen LogP contribution >= 0.6 is 11.6 Å². The van der Waals surface area contributed by atoms with E-state index < -0.39 is 17.4 Å². The fraction of sp³-hybridized carbons (Fsp3) is 0.200. The van der Waals surface area contributed by atoms with E-state index in [-0.39, 0.29) is 5.56 Å². The monoisotopic (exact) mass is 228 g/mol. The molecule has 0 aliphatic carbocycles. The lowest BCUT2D eigenvalue weighted by atomic mass is 9.83. The Kier molecular flexibility index (Phi) is 3.00. The molecule has 0 spiro atoms. The molecule has 1 rings (SSSR count). The number of hydrogen-bond donors (Lipinski definition) is 2. The highest BCUT2D eigenvalue weighted by Crippen LogP contribution is 2.25. The normalized spacial score (nSPS) is 11.1. The summed E-state index contributed by atoms with van der Waals surface area (Å²) in [5.41, 5.74) is -1.75. The summed E-state index contributed by atoms with van der Waals surface area (Å²) in [6.45, 7) is 1.14. The van der Waals surface area contributed by atoms with E-state index in [0.717, 1.165) is 6.92 Å². The predicted molar refractivity (Wildman–Crippen MR) is 54.1 cm³/mol. The minimum atomic E-state index is -1.94. The van der Waals surface area contributed by atoms with E-state index in [1.54, 1.807) is 0 Å². The molecule has 4 nitrogen and oxygen atoms in total. The molecule has 15 heavy (non-hydrogen) atoms. The highest BCUT2D eigenvalue weighted by Gasteiger charge is 2.43. The molecule has 0 saturated carbocycles. The molecular weight excluding hydrogens is 220 g/mol. The maximum Gasteiger partial charge on any atom is 0.325 e. The second kappa shape index (κ2) is 3.90. The van der Waals surface area contributed by atoms with Gasteiger partial charge in [0.05, 0.1) is 0 Å². The molecule has 0 radical (unpaired) electrons. The van der Waals surface area contributed by atoms with Gasteiger partial charge in [-0.2, -0.15) is 0 Å². The highest BCUT2D eigenvalue weighted by molar-refractivity contribution is 6.30. The number of carboxylic acid groups (broad SMARTS) is 2. The van der Waals surface area contributed by atoms with Crippen LogP contribution in [0, 0.1) is 0 Å². The fourth-order valence-electron chi connectivity index (χ4n) is 1.12. The molecule has 1 aromatic rings. The first kappa shape index (κ1) is 11.5. The standard InChI is InChI=1S/C10H9ClO4/c1-10(8(12)13,9(14)15)6-2-4-7(11)5-3-6/h2-5H,1H3,(H,12,13)(H,14,15). The van der Waals surface area contributed by atoms with Gasteiger partial charge in [0.1, 0.15) is 0 Å². The van der Waals surface area contributed by atoms with Crippen molar-refractivity contribution >= 4 is 23.5 Å². The Balaban J connectivity index is 3.28. The number of rotatable bonds is 3. The maximum atomic E-state index is 10.9. The van der Waals surface area contributed by atoms with Crippen molar-refractivity contribution < 1.29 is 19.8 Å². The molecule has 2 N–H and O–H groups in total. The van der Waals surface area contributed by atoms with Gasteiger partial charge in [-0.1, -0.05) is 23.7 Å². The average molecular weight is 229 g/mol. The molecule has 0 aliphatic heterocycles. The van der Waals surface area contributed by atoms with Gasteiger partial charge < -0.3 is 10.2 Å². The smallest absolute Gasteiger partial charge is 0.325 e. The molecule has 0 atom stereocenters. The summed E-state index contributed by atoms with van der Waals surface area (Å²) in [6, 6.07) is 5.71. The van der Waals surface area contributed by atoms with Gasteiger partial charge in [-0.15, -0.1) is 0 Å². The van der Waals surface area contributed by atoms with Gasteiger partial charge in [-0.25, -0.2) is 0 Å². The van der Waals surface area contributed by atoms with Crippen molar-refractivity contribution in [3.63, 3.8) is 0 Å². The Morgan fingerprint density at radius 1 is 1.13 bits per heavy atom. The van der Waals surface area contributed by atoms with Crippen LogP contribution in [0.4, 0.5) is 0 Å². The van der Waals surface area contributed by atoms with E-state index >= 15 is 0 Å². The molecular formula is C10H9ClO4. The zero-order chi connectivity index (χ0) is 11.6. The van der Waals surface area contributed by atoms with E-state index in [4.69, 9.17) is 21.8 Å². The first-order valence-electron chi connectivity index (χ1n) is 4.12. The quantitative estimate of drug-likeness (QED) is 0.774. The zero-order valence-corrected chi connectivity index (χ0v) is 8.65. The first-order chi connectivity index (χ1) is 6.89. The van der Waals surface area contributed by atoms with E-state index in [1.165, 1.54) is 24.3 Å². The van der Waals surface area contributed by atoms with E-state index in [2.05, 4.69) is 0 Å². The van der Waals surface area contributed by atoms with E-state index in [1.807, 2.05) is 0 Å². The van der Waals surface area contributed by atoms with Gasteiger partial charge in [0.15, 0.2) is 5.41 Å². The lowest BCUT2D eigenvalue weighted by Crippen LogP contribution is -2.40. The maximum absolute atomic E-state index is 10.9. The summed E-state index contributed by atoms with van der Waals surface area (Å²) in [6.07, 6.45) is 0. The summed E-state index contributed by atoms with van der Waals surface area (Å²) in [4.78, 5) is 21.9. The van der Waals surface area contributed by atoms with Crippen LogP contribution in [-0.2, 0) is 15.0 Å². The third-order valence-corrected chi connectivity index (χ3v) is 2.53. The van der Waals surface area contributed by atoms with Crippen molar-refractivity contribution in [1.29, 1.82) is 0 Å². The third-order valence-electron chi connectivity index (χ3n) is 2.28. The van der Waals surface area contributed by atoms with Gasteiger partial charge in [0.25, 0.3) is 0 Å². The van der Waals surface area contributed by atoms with E-state index in [9.17, 15) is 9.59 Å². The topological polar surface area (TPSA) is 74.6 Å². The largest absolute Gasteiger partial charge is 0.480 e. The lowest BCUT2D eigenvalue weighted by Gasteiger charge is -2.19. The van der Waals surface area contributed by atoms with Crippen molar-refractivity contribution in [2.45, 2.75) is 12.3 Å². The Hall–Kier alpha value is -1.55. The predicted octanol–water partition coefficient (Wildman–Crippen LogP) is 1.77. The lowest BCUT2D eigenvalue weighted by molar-refractivity contribution is -0.156. The van der Waals surface area contributed by atoms with Crippen LogP contribution in [0.2, 0.25) is 5.02 Å². The van der Waals surface area contributed by atoms with Crippen LogP contribution < -0.4 is 0 Å². The molecule has 80 valence electrons. The Morgan fingerprint density at radius 2 is 1.53 bits per heavy atom. The van der Waals surface area contributed by atoms with Crippen molar-refractivity contribution in [2.75, 3.05) is 0 Å². The molecule has 0 aliphatic rings. The third kappa shape index (κ3) is 1.94. The summed E-state index contributed by atoms with van der Waals surface area (Å²) in [5, 5.41) is 18.3.